The van der Waals surface area contributed by atoms with Gasteiger partial charge in [0.15, 0.2) is 10.2 Å². The number of para-hydroxylation sites is 1. The topological polar surface area (TPSA) is 62.2 Å². The van der Waals surface area contributed by atoms with Gasteiger partial charge < -0.3 is 9.80 Å². The first-order valence-corrected chi connectivity index (χ1v) is 11.4. The first kappa shape index (κ1) is 17.9. The van der Waals surface area contributed by atoms with E-state index < -0.39 is 0 Å². The monoisotopic (exact) mass is 411 g/mol. The Bertz CT molecular complexity index is 945. The van der Waals surface area contributed by atoms with E-state index in [0.717, 1.165) is 47.5 Å². The number of carbonyl (C=O) groups excluding carboxylic acids is 1. The summed E-state index contributed by atoms with van der Waals surface area (Å²) in [5.41, 5.74) is 2.12. The summed E-state index contributed by atoms with van der Waals surface area (Å²) in [6.45, 7) is 3.06. The number of hydrogen-bond acceptors (Lipinski definition) is 7. The smallest absolute Gasteiger partial charge is 0.233 e. The Labute approximate surface area is 172 Å². The van der Waals surface area contributed by atoms with Crippen LogP contribution in [0.2, 0.25) is 0 Å². The zero-order chi connectivity index (χ0) is 18.9. The molecule has 3 heterocycles. The normalized spacial score (nSPS) is 17.3. The maximum Gasteiger partial charge on any atom is 0.233 e. The highest BCUT2D eigenvalue weighted by Gasteiger charge is 2.26. The molecule has 3 aromatic rings. The van der Waals surface area contributed by atoms with Crippen molar-refractivity contribution in [3.63, 3.8) is 0 Å². The molecule has 0 N–H and O–H groups in total. The van der Waals surface area contributed by atoms with Gasteiger partial charge in [-0.2, -0.15) is 5.10 Å². The van der Waals surface area contributed by atoms with Crippen molar-refractivity contribution in [1.29, 1.82) is 0 Å². The van der Waals surface area contributed by atoms with Crippen LogP contribution in [0.1, 0.15) is 24.5 Å². The number of rotatable bonds is 5. The van der Waals surface area contributed by atoms with Gasteiger partial charge in [0.1, 0.15) is 0 Å². The van der Waals surface area contributed by atoms with Gasteiger partial charge in [0.05, 0.1) is 21.7 Å². The summed E-state index contributed by atoms with van der Waals surface area (Å²) in [5.74, 6) is 2.17. The van der Waals surface area contributed by atoms with Crippen LogP contribution in [0.3, 0.4) is 0 Å². The summed E-state index contributed by atoms with van der Waals surface area (Å²) in [5, 5.41) is 8.76. The second-order valence-corrected chi connectivity index (χ2v) is 9.45. The van der Waals surface area contributed by atoms with Gasteiger partial charge in [0.2, 0.25) is 5.91 Å². The van der Waals surface area contributed by atoms with Gasteiger partial charge in [0.25, 0.3) is 0 Å². The highest BCUT2D eigenvalue weighted by Crippen LogP contribution is 2.38. The average molecular weight is 412 g/mol. The lowest BCUT2D eigenvalue weighted by Gasteiger charge is -2.35. The lowest BCUT2D eigenvalue weighted by Crippen LogP contribution is -2.49. The van der Waals surface area contributed by atoms with Gasteiger partial charge in [-0.1, -0.05) is 23.9 Å². The first-order valence-electron chi connectivity index (χ1n) is 9.61. The van der Waals surface area contributed by atoms with Crippen LogP contribution in [-0.4, -0.2) is 57.9 Å². The molecule has 1 aliphatic carbocycles. The number of amides is 1. The zero-order valence-corrected chi connectivity index (χ0v) is 17.1. The van der Waals surface area contributed by atoms with Crippen molar-refractivity contribution in [3.05, 3.63) is 42.1 Å². The van der Waals surface area contributed by atoms with Crippen LogP contribution >= 0.6 is 23.1 Å². The summed E-state index contributed by atoms with van der Waals surface area (Å²) in [7, 11) is 0. The molecule has 1 saturated carbocycles. The Kier molecular flexibility index (Phi) is 4.90. The predicted molar refractivity (Wildman–Crippen MR) is 113 cm³/mol. The molecule has 1 aromatic carbocycles. The molecule has 144 valence electrons. The molecule has 0 radical (unpaired) electrons. The molecule has 5 rings (SSSR count). The molecule has 0 bridgehead atoms. The molecule has 28 heavy (non-hydrogen) atoms. The first-order chi connectivity index (χ1) is 13.8. The minimum Gasteiger partial charge on any atom is -0.352 e. The molecule has 0 unspecified atom stereocenters. The fraction of sp³-hybridized carbons (Fsp3) is 0.400. The Morgan fingerprint density at radius 2 is 1.89 bits per heavy atom. The number of anilines is 1. The van der Waals surface area contributed by atoms with E-state index >= 15 is 0 Å². The van der Waals surface area contributed by atoms with E-state index in [4.69, 9.17) is 0 Å². The van der Waals surface area contributed by atoms with Crippen molar-refractivity contribution >= 4 is 45.0 Å². The molecule has 0 atom stereocenters. The fourth-order valence-electron chi connectivity index (χ4n) is 3.41. The largest absolute Gasteiger partial charge is 0.352 e. The number of carbonyl (C=O) groups is 1. The lowest BCUT2D eigenvalue weighted by molar-refractivity contribution is -0.128. The number of fused-ring (bicyclic) bond motifs is 1. The van der Waals surface area contributed by atoms with E-state index in [1.807, 2.05) is 23.1 Å². The zero-order valence-electron chi connectivity index (χ0n) is 15.5. The van der Waals surface area contributed by atoms with Crippen LogP contribution in [0, 0.1) is 0 Å². The molecule has 2 aliphatic rings. The second-order valence-electron chi connectivity index (χ2n) is 7.19. The highest BCUT2D eigenvalue weighted by atomic mass is 32.2. The quantitative estimate of drug-likeness (QED) is 0.600. The van der Waals surface area contributed by atoms with Gasteiger partial charge >= 0.3 is 0 Å². The Morgan fingerprint density at radius 1 is 1.07 bits per heavy atom. The predicted octanol–water partition coefficient (Wildman–Crippen LogP) is 3.40. The molecule has 2 fully saturated rings. The number of hydrogen-bond donors (Lipinski definition) is 0. The third-order valence-corrected chi connectivity index (χ3v) is 7.38. The summed E-state index contributed by atoms with van der Waals surface area (Å²) >= 11 is 3.18. The van der Waals surface area contributed by atoms with Crippen molar-refractivity contribution in [2.24, 2.45) is 0 Å². The van der Waals surface area contributed by atoms with Crippen LogP contribution in [0.4, 0.5) is 5.82 Å². The molecular formula is C20H21N5OS2. The van der Waals surface area contributed by atoms with Crippen LogP contribution in [-0.2, 0) is 4.79 Å². The standard InChI is InChI=1S/C20H21N5OS2/c26-19(13-27-20-21-16-3-1-2-4-17(16)28-20)25-11-9-24(10-12-25)18-8-7-15(22-23-18)14-5-6-14/h1-4,7-8,14H,5-6,9-13H2. The molecule has 2 aromatic heterocycles. The Hall–Kier alpha value is -2.19. The van der Waals surface area contributed by atoms with E-state index in [1.165, 1.54) is 29.3 Å². The van der Waals surface area contributed by atoms with E-state index in [1.54, 1.807) is 11.3 Å². The van der Waals surface area contributed by atoms with Gasteiger partial charge in [-0.15, -0.1) is 16.4 Å². The maximum absolute atomic E-state index is 12.6. The van der Waals surface area contributed by atoms with Crippen molar-refractivity contribution in [2.45, 2.75) is 23.1 Å². The third kappa shape index (κ3) is 3.84. The Balaban J connectivity index is 1.13. The van der Waals surface area contributed by atoms with Gasteiger partial charge in [-0.05, 0) is 37.1 Å². The molecule has 6 nitrogen and oxygen atoms in total. The van der Waals surface area contributed by atoms with Gasteiger partial charge in [-0.25, -0.2) is 4.98 Å². The van der Waals surface area contributed by atoms with Crippen molar-refractivity contribution < 1.29 is 4.79 Å². The minimum absolute atomic E-state index is 0.180. The molecule has 8 heteroatoms. The summed E-state index contributed by atoms with van der Waals surface area (Å²) in [6.07, 6.45) is 2.48. The summed E-state index contributed by atoms with van der Waals surface area (Å²) < 4.78 is 2.12. The van der Waals surface area contributed by atoms with Crippen LogP contribution in [0.5, 0.6) is 0 Å². The van der Waals surface area contributed by atoms with Gasteiger partial charge in [0, 0.05) is 32.1 Å². The van der Waals surface area contributed by atoms with Crippen LogP contribution in [0.25, 0.3) is 10.2 Å². The Morgan fingerprint density at radius 3 is 2.61 bits per heavy atom. The number of nitrogens with zero attached hydrogens (tertiary/aromatic N) is 5. The molecular weight excluding hydrogens is 390 g/mol. The molecule has 1 amide bonds. The minimum atomic E-state index is 0.180. The molecule has 0 spiro atoms. The number of aromatic nitrogens is 3. The summed E-state index contributed by atoms with van der Waals surface area (Å²) in [4.78, 5) is 21.3. The average Bonchev–Trinajstić information content (AvgIpc) is 3.51. The van der Waals surface area contributed by atoms with Crippen molar-refractivity contribution in [3.8, 4) is 0 Å². The number of thiazole rings is 1. The van der Waals surface area contributed by atoms with E-state index in [9.17, 15) is 4.79 Å². The molecule has 1 aliphatic heterocycles. The SMILES string of the molecule is O=C(CSc1nc2ccccc2s1)N1CCN(c2ccc(C3CC3)nn2)CC1. The van der Waals surface area contributed by atoms with Crippen LogP contribution < -0.4 is 4.90 Å². The number of piperazine rings is 1. The fourth-order valence-corrected chi connectivity index (χ4v) is 5.38. The number of thioether (sulfide) groups is 1. The van der Waals surface area contributed by atoms with E-state index in [0.29, 0.717) is 11.7 Å². The third-order valence-electron chi connectivity index (χ3n) is 5.22. The second kappa shape index (κ2) is 7.67. The highest BCUT2D eigenvalue weighted by molar-refractivity contribution is 8.01. The van der Waals surface area contributed by atoms with Gasteiger partial charge in [-0.3, -0.25) is 4.79 Å². The van der Waals surface area contributed by atoms with Crippen molar-refractivity contribution in [2.75, 3.05) is 36.8 Å². The lowest BCUT2D eigenvalue weighted by atomic mass is 10.2. The van der Waals surface area contributed by atoms with E-state index in [2.05, 4.69) is 38.3 Å². The maximum atomic E-state index is 12.6. The van der Waals surface area contributed by atoms with Crippen LogP contribution in [0.15, 0.2) is 40.7 Å². The number of benzene rings is 1. The molecule has 1 saturated heterocycles. The van der Waals surface area contributed by atoms with Crippen molar-refractivity contribution in [1.82, 2.24) is 20.1 Å². The van der Waals surface area contributed by atoms with E-state index in [-0.39, 0.29) is 5.91 Å². The summed E-state index contributed by atoms with van der Waals surface area (Å²) in [6, 6.07) is 12.3.